The van der Waals surface area contributed by atoms with Crippen molar-refractivity contribution in [1.29, 1.82) is 0 Å². The summed E-state index contributed by atoms with van der Waals surface area (Å²) in [4.78, 5) is 9.11. The Bertz CT molecular complexity index is 801. The van der Waals surface area contributed by atoms with Crippen molar-refractivity contribution >= 4 is 16.9 Å². The summed E-state index contributed by atoms with van der Waals surface area (Å²) in [7, 11) is 0. The lowest BCUT2D eigenvalue weighted by atomic mass is 10.1. The Morgan fingerprint density at radius 1 is 1.00 bits per heavy atom. The first kappa shape index (κ1) is 14.5. The van der Waals surface area contributed by atoms with Gasteiger partial charge in [-0.05, 0) is 31.5 Å². The van der Waals surface area contributed by atoms with Gasteiger partial charge in [-0.3, -0.25) is 0 Å². The minimum atomic E-state index is -0.576. The SMILES string of the molecule is Cc1cccc(C(O)CNc2nc3ccccc3nc2C)c1. The number of aryl methyl sites for hydroxylation is 2. The summed E-state index contributed by atoms with van der Waals surface area (Å²) in [6.07, 6.45) is -0.576. The number of para-hydroxylation sites is 2. The number of nitrogens with one attached hydrogen (secondary N) is 1. The highest BCUT2D eigenvalue weighted by molar-refractivity contribution is 5.76. The zero-order valence-electron chi connectivity index (χ0n) is 12.7. The van der Waals surface area contributed by atoms with Gasteiger partial charge in [0, 0.05) is 6.54 Å². The number of fused-ring (bicyclic) bond motifs is 1. The summed E-state index contributed by atoms with van der Waals surface area (Å²) in [5.41, 5.74) is 4.60. The Morgan fingerprint density at radius 3 is 2.45 bits per heavy atom. The average Bonchev–Trinajstić information content (AvgIpc) is 2.52. The fourth-order valence-corrected chi connectivity index (χ4v) is 2.44. The van der Waals surface area contributed by atoms with E-state index in [-0.39, 0.29) is 0 Å². The molecule has 0 aliphatic carbocycles. The molecule has 1 aromatic heterocycles. The minimum Gasteiger partial charge on any atom is -0.387 e. The van der Waals surface area contributed by atoms with Crippen LogP contribution >= 0.6 is 0 Å². The van der Waals surface area contributed by atoms with Crippen molar-refractivity contribution < 1.29 is 5.11 Å². The third-order valence-electron chi connectivity index (χ3n) is 3.63. The zero-order valence-corrected chi connectivity index (χ0v) is 12.7. The van der Waals surface area contributed by atoms with Gasteiger partial charge in [0.05, 0.1) is 22.8 Å². The number of benzene rings is 2. The molecule has 4 heteroatoms. The monoisotopic (exact) mass is 293 g/mol. The van der Waals surface area contributed by atoms with Gasteiger partial charge < -0.3 is 10.4 Å². The summed E-state index contributed by atoms with van der Waals surface area (Å²) < 4.78 is 0. The number of rotatable bonds is 4. The van der Waals surface area contributed by atoms with Crippen molar-refractivity contribution in [2.75, 3.05) is 11.9 Å². The first-order chi connectivity index (χ1) is 10.6. The van der Waals surface area contributed by atoms with Gasteiger partial charge in [-0.15, -0.1) is 0 Å². The van der Waals surface area contributed by atoms with Crippen LogP contribution in [0.3, 0.4) is 0 Å². The van der Waals surface area contributed by atoms with E-state index in [4.69, 9.17) is 0 Å². The van der Waals surface area contributed by atoms with Crippen molar-refractivity contribution in [2.24, 2.45) is 0 Å². The number of aliphatic hydroxyl groups excluding tert-OH is 1. The second-order valence-corrected chi connectivity index (χ2v) is 5.46. The van der Waals surface area contributed by atoms with Gasteiger partial charge in [-0.25, -0.2) is 9.97 Å². The Hall–Kier alpha value is -2.46. The fourth-order valence-electron chi connectivity index (χ4n) is 2.44. The molecular weight excluding hydrogens is 274 g/mol. The molecule has 0 fully saturated rings. The summed E-state index contributed by atoms with van der Waals surface area (Å²) in [6, 6.07) is 15.7. The lowest BCUT2D eigenvalue weighted by molar-refractivity contribution is 0.191. The second-order valence-electron chi connectivity index (χ2n) is 5.46. The van der Waals surface area contributed by atoms with Crippen molar-refractivity contribution in [1.82, 2.24) is 9.97 Å². The summed E-state index contributed by atoms with van der Waals surface area (Å²) in [5.74, 6) is 0.713. The predicted molar refractivity (Wildman–Crippen MR) is 88.9 cm³/mol. The van der Waals surface area contributed by atoms with E-state index in [1.165, 1.54) is 0 Å². The standard InChI is InChI=1S/C18H19N3O/c1-12-6-5-7-14(10-12)17(22)11-19-18-13(2)20-15-8-3-4-9-16(15)21-18/h3-10,17,22H,11H2,1-2H3,(H,19,21). The van der Waals surface area contributed by atoms with E-state index >= 15 is 0 Å². The molecule has 2 N–H and O–H groups in total. The molecule has 3 rings (SSSR count). The van der Waals surface area contributed by atoms with Gasteiger partial charge in [-0.2, -0.15) is 0 Å². The number of nitrogens with zero attached hydrogens (tertiary/aromatic N) is 2. The predicted octanol–water partition coefficient (Wildman–Crippen LogP) is 3.39. The van der Waals surface area contributed by atoms with Crippen LogP contribution in [0.1, 0.15) is 22.9 Å². The maximum Gasteiger partial charge on any atom is 0.148 e. The van der Waals surface area contributed by atoms with Crippen LogP contribution in [0.4, 0.5) is 5.82 Å². The van der Waals surface area contributed by atoms with Gasteiger partial charge in [-0.1, -0.05) is 42.0 Å². The second kappa shape index (κ2) is 6.12. The molecule has 0 spiro atoms. The molecule has 22 heavy (non-hydrogen) atoms. The molecule has 0 aliphatic heterocycles. The first-order valence-corrected chi connectivity index (χ1v) is 7.35. The minimum absolute atomic E-state index is 0.400. The van der Waals surface area contributed by atoms with Crippen LogP contribution in [0.15, 0.2) is 48.5 Å². The van der Waals surface area contributed by atoms with Crippen LogP contribution in [-0.4, -0.2) is 21.6 Å². The Morgan fingerprint density at radius 2 is 1.73 bits per heavy atom. The molecule has 0 amide bonds. The van der Waals surface area contributed by atoms with Gasteiger partial charge in [0.25, 0.3) is 0 Å². The molecule has 0 saturated carbocycles. The highest BCUT2D eigenvalue weighted by atomic mass is 16.3. The van der Waals surface area contributed by atoms with Crippen LogP contribution in [-0.2, 0) is 0 Å². The topological polar surface area (TPSA) is 58.0 Å². The number of aromatic nitrogens is 2. The van der Waals surface area contributed by atoms with E-state index in [0.29, 0.717) is 12.4 Å². The van der Waals surface area contributed by atoms with Crippen molar-refractivity contribution in [3.05, 3.63) is 65.4 Å². The Balaban J connectivity index is 1.77. The lowest BCUT2D eigenvalue weighted by Crippen LogP contribution is -2.14. The van der Waals surface area contributed by atoms with Crippen LogP contribution in [0, 0.1) is 13.8 Å². The van der Waals surface area contributed by atoms with Crippen LogP contribution < -0.4 is 5.32 Å². The van der Waals surface area contributed by atoms with Crippen molar-refractivity contribution in [2.45, 2.75) is 20.0 Å². The van der Waals surface area contributed by atoms with Crippen LogP contribution in [0.2, 0.25) is 0 Å². The third-order valence-corrected chi connectivity index (χ3v) is 3.63. The molecule has 3 aromatic rings. The van der Waals surface area contributed by atoms with E-state index in [1.54, 1.807) is 0 Å². The molecule has 1 unspecified atom stereocenters. The zero-order chi connectivity index (χ0) is 15.5. The summed E-state index contributed by atoms with van der Waals surface area (Å²) in [5, 5.41) is 13.5. The van der Waals surface area contributed by atoms with Gasteiger partial charge in [0.1, 0.15) is 5.82 Å². The summed E-state index contributed by atoms with van der Waals surface area (Å²) in [6.45, 7) is 4.33. The van der Waals surface area contributed by atoms with Gasteiger partial charge in [0.15, 0.2) is 0 Å². The van der Waals surface area contributed by atoms with Crippen molar-refractivity contribution in [3.63, 3.8) is 0 Å². The van der Waals surface area contributed by atoms with Gasteiger partial charge in [0.2, 0.25) is 0 Å². The van der Waals surface area contributed by atoms with Gasteiger partial charge >= 0.3 is 0 Å². The molecular formula is C18H19N3O. The highest BCUT2D eigenvalue weighted by Gasteiger charge is 2.10. The van der Waals surface area contributed by atoms with E-state index in [9.17, 15) is 5.11 Å². The third kappa shape index (κ3) is 3.07. The molecule has 0 saturated heterocycles. The van der Waals surface area contributed by atoms with Crippen LogP contribution in [0.5, 0.6) is 0 Å². The molecule has 0 bridgehead atoms. The normalized spacial score (nSPS) is 12.3. The van der Waals surface area contributed by atoms with E-state index in [1.807, 2.05) is 62.4 Å². The smallest absolute Gasteiger partial charge is 0.148 e. The number of hydrogen-bond donors (Lipinski definition) is 2. The molecule has 1 heterocycles. The molecule has 112 valence electrons. The maximum atomic E-state index is 10.3. The molecule has 1 atom stereocenters. The summed E-state index contributed by atoms with van der Waals surface area (Å²) >= 11 is 0. The Labute approximate surface area is 129 Å². The molecule has 4 nitrogen and oxygen atoms in total. The molecule has 2 aromatic carbocycles. The highest BCUT2D eigenvalue weighted by Crippen LogP contribution is 2.18. The average molecular weight is 293 g/mol. The maximum absolute atomic E-state index is 10.3. The fraction of sp³-hybridized carbons (Fsp3) is 0.222. The first-order valence-electron chi connectivity index (χ1n) is 7.35. The van der Waals surface area contributed by atoms with E-state index in [2.05, 4.69) is 15.3 Å². The quantitative estimate of drug-likeness (QED) is 0.774. The Kier molecular flexibility index (Phi) is 4.02. The lowest BCUT2D eigenvalue weighted by Gasteiger charge is -2.14. The molecule has 0 radical (unpaired) electrons. The number of anilines is 1. The largest absolute Gasteiger partial charge is 0.387 e. The van der Waals surface area contributed by atoms with Crippen molar-refractivity contribution in [3.8, 4) is 0 Å². The van der Waals surface area contributed by atoms with E-state index < -0.39 is 6.10 Å². The van der Waals surface area contributed by atoms with E-state index in [0.717, 1.165) is 27.9 Å². The van der Waals surface area contributed by atoms with Crippen LogP contribution in [0.25, 0.3) is 11.0 Å². The number of aliphatic hydroxyl groups is 1. The number of hydrogen-bond acceptors (Lipinski definition) is 4. The molecule has 0 aliphatic rings.